The molecule has 10 nitrogen and oxygen atoms in total. The van der Waals surface area contributed by atoms with Gasteiger partial charge in [0.2, 0.25) is 10.0 Å². The van der Waals surface area contributed by atoms with Crippen LogP contribution in [0.25, 0.3) is 0 Å². The maximum Gasteiger partial charge on any atom is 0.240 e. The zero-order valence-corrected chi connectivity index (χ0v) is 18.9. The van der Waals surface area contributed by atoms with Crippen LogP contribution in [0, 0.1) is 0 Å². The van der Waals surface area contributed by atoms with Crippen LogP contribution in [0.3, 0.4) is 0 Å². The Morgan fingerprint density at radius 3 is 2.84 bits per heavy atom. The molecule has 1 aliphatic heterocycles. The van der Waals surface area contributed by atoms with Crippen molar-refractivity contribution in [2.24, 2.45) is 4.99 Å². The molecule has 0 aliphatic carbocycles. The van der Waals surface area contributed by atoms with Gasteiger partial charge in [0.05, 0.1) is 18.0 Å². The molecule has 1 fully saturated rings. The molecule has 1 aromatic carbocycles. The molecule has 2 heterocycles. The number of aliphatic imine (C=N–C) groups is 1. The van der Waals surface area contributed by atoms with Crippen LogP contribution in [0.1, 0.15) is 37.1 Å². The van der Waals surface area contributed by atoms with Crippen LogP contribution < -0.4 is 10.0 Å². The van der Waals surface area contributed by atoms with E-state index in [1.54, 1.807) is 24.5 Å². The van der Waals surface area contributed by atoms with Gasteiger partial charge in [-0.05, 0) is 37.5 Å². The number of nitrogens with zero attached hydrogens (tertiary/aromatic N) is 4. The van der Waals surface area contributed by atoms with Crippen molar-refractivity contribution < 1.29 is 13.2 Å². The lowest BCUT2D eigenvalue weighted by Crippen LogP contribution is -2.45. The van der Waals surface area contributed by atoms with Crippen molar-refractivity contribution in [3.05, 3.63) is 42.0 Å². The maximum atomic E-state index is 12.4. The van der Waals surface area contributed by atoms with Gasteiger partial charge in [0.25, 0.3) is 0 Å². The average molecular weight is 450 g/mol. The Morgan fingerprint density at radius 2 is 2.16 bits per heavy atom. The van der Waals surface area contributed by atoms with E-state index in [1.807, 2.05) is 13.0 Å². The van der Waals surface area contributed by atoms with Crippen LogP contribution >= 0.6 is 0 Å². The van der Waals surface area contributed by atoms with Crippen LogP contribution in [0.4, 0.5) is 0 Å². The number of H-pyrrole nitrogens is 1. The molecule has 1 aliphatic rings. The van der Waals surface area contributed by atoms with E-state index in [0.29, 0.717) is 19.1 Å². The standard InChI is InChI=1S/C20H31N7O3S/c1-3-21-20(27-10-7-17(8-11-27)19-23-15-24-26-19)22-14-16-5-4-6-18(13-16)31(28,29)25-9-12-30-2/h4-6,13,15,17,25H,3,7-12,14H2,1-2H3,(H,21,22)(H,23,24,26). The number of hydrogen-bond donors (Lipinski definition) is 3. The van der Waals surface area contributed by atoms with Gasteiger partial charge in [-0.2, -0.15) is 5.10 Å². The van der Waals surface area contributed by atoms with Gasteiger partial charge >= 0.3 is 0 Å². The van der Waals surface area contributed by atoms with Gasteiger partial charge in [-0.25, -0.2) is 23.1 Å². The molecule has 2 aromatic rings. The average Bonchev–Trinajstić information content (AvgIpc) is 3.32. The Labute approximate surface area is 183 Å². The number of aromatic nitrogens is 3. The van der Waals surface area contributed by atoms with Gasteiger partial charge in [-0.1, -0.05) is 12.1 Å². The molecule has 0 unspecified atom stereocenters. The fraction of sp³-hybridized carbons (Fsp3) is 0.550. The van der Waals surface area contributed by atoms with Crippen LogP contribution in [0.5, 0.6) is 0 Å². The zero-order chi connectivity index (χ0) is 22.1. The molecule has 0 radical (unpaired) electrons. The van der Waals surface area contributed by atoms with Crippen LogP contribution in [0.2, 0.25) is 0 Å². The lowest BCUT2D eigenvalue weighted by molar-refractivity contribution is 0.204. The Balaban J connectivity index is 1.64. The fourth-order valence-corrected chi connectivity index (χ4v) is 4.62. The second-order valence-electron chi connectivity index (χ2n) is 7.34. The molecule has 0 spiro atoms. The monoisotopic (exact) mass is 449 g/mol. The van der Waals surface area contributed by atoms with Gasteiger partial charge in [0, 0.05) is 39.2 Å². The number of rotatable bonds is 9. The highest BCUT2D eigenvalue weighted by Crippen LogP contribution is 2.25. The van der Waals surface area contributed by atoms with Crippen molar-refractivity contribution >= 4 is 16.0 Å². The summed E-state index contributed by atoms with van der Waals surface area (Å²) in [5.41, 5.74) is 0.835. The van der Waals surface area contributed by atoms with E-state index >= 15 is 0 Å². The molecular weight excluding hydrogens is 418 g/mol. The molecule has 0 atom stereocenters. The topological polar surface area (TPSA) is 125 Å². The van der Waals surface area contributed by atoms with Crippen molar-refractivity contribution in [1.82, 2.24) is 30.1 Å². The molecule has 3 N–H and O–H groups in total. The van der Waals surface area contributed by atoms with Crippen molar-refractivity contribution in [2.75, 3.05) is 39.9 Å². The second-order valence-corrected chi connectivity index (χ2v) is 9.11. The number of piperidine rings is 1. The normalized spacial score (nSPS) is 15.9. The molecule has 0 amide bonds. The molecule has 31 heavy (non-hydrogen) atoms. The second kappa shape index (κ2) is 11.2. The predicted molar refractivity (Wildman–Crippen MR) is 118 cm³/mol. The van der Waals surface area contributed by atoms with Gasteiger partial charge in [-0.3, -0.25) is 5.10 Å². The number of hydrogen-bond acceptors (Lipinski definition) is 6. The molecule has 3 rings (SSSR count). The third-order valence-electron chi connectivity index (χ3n) is 5.17. The SMILES string of the molecule is CCNC(=NCc1cccc(S(=O)(=O)NCCOC)c1)N1CCC(c2ncn[nH]2)CC1. The number of likely N-dealkylation sites (tertiary alicyclic amines) is 1. The number of benzene rings is 1. The molecule has 1 saturated heterocycles. The Kier molecular flexibility index (Phi) is 8.38. The van der Waals surface area contributed by atoms with Gasteiger partial charge in [0.1, 0.15) is 12.2 Å². The summed E-state index contributed by atoms with van der Waals surface area (Å²) >= 11 is 0. The van der Waals surface area contributed by atoms with Crippen molar-refractivity contribution in [1.29, 1.82) is 0 Å². The van der Waals surface area contributed by atoms with Crippen molar-refractivity contribution in [3.8, 4) is 0 Å². The van der Waals surface area contributed by atoms with Crippen molar-refractivity contribution in [3.63, 3.8) is 0 Å². The molecule has 0 bridgehead atoms. The molecule has 1 aromatic heterocycles. The number of methoxy groups -OCH3 is 1. The highest BCUT2D eigenvalue weighted by Gasteiger charge is 2.24. The Hall–Kier alpha value is -2.50. The number of guanidine groups is 1. The molecule has 170 valence electrons. The quantitative estimate of drug-likeness (QED) is 0.297. The number of nitrogens with one attached hydrogen (secondary N) is 3. The van der Waals surface area contributed by atoms with Gasteiger partial charge in [-0.15, -0.1) is 0 Å². The summed E-state index contributed by atoms with van der Waals surface area (Å²) < 4.78 is 32.3. The summed E-state index contributed by atoms with van der Waals surface area (Å²) in [5, 5.41) is 10.3. The first kappa shape index (κ1) is 23.2. The number of sulfonamides is 1. The minimum Gasteiger partial charge on any atom is -0.383 e. The minimum absolute atomic E-state index is 0.231. The molecular formula is C20H31N7O3S. The van der Waals surface area contributed by atoms with Crippen LogP contribution in [-0.2, 0) is 21.3 Å². The first-order valence-electron chi connectivity index (χ1n) is 10.5. The first-order chi connectivity index (χ1) is 15.0. The van der Waals surface area contributed by atoms with Crippen LogP contribution in [0.15, 0.2) is 40.5 Å². The Morgan fingerprint density at radius 1 is 1.35 bits per heavy atom. The third-order valence-corrected chi connectivity index (χ3v) is 6.63. The van der Waals surface area contributed by atoms with E-state index in [9.17, 15) is 8.42 Å². The fourth-order valence-electron chi connectivity index (χ4n) is 3.54. The van der Waals surface area contributed by atoms with Crippen molar-refractivity contribution in [2.45, 2.75) is 37.1 Å². The predicted octanol–water partition coefficient (Wildman–Crippen LogP) is 1.07. The van der Waals surface area contributed by atoms with Gasteiger partial charge < -0.3 is 15.0 Å². The number of aromatic amines is 1. The highest BCUT2D eigenvalue weighted by atomic mass is 32.2. The van der Waals surface area contributed by atoms with Crippen LogP contribution in [-0.4, -0.2) is 74.4 Å². The molecule has 11 heteroatoms. The zero-order valence-electron chi connectivity index (χ0n) is 18.0. The largest absolute Gasteiger partial charge is 0.383 e. The lowest BCUT2D eigenvalue weighted by Gasteiger charge is -2.33. The summed E-state index contributed by atoms with van der Waals surface area (Å²) in [4.78, 5) is 11.5. The smallest absolute Gasteiger partial charge is 0.240 e. The number of ether oxygens (including phenoxy) is 1. The highest BCUT2D eigenvalue weighted by molar-refractivity contribution is 7.89. The van der Waals surface area contributed by atoms with E-state index in [4.69, 9.17) is 9.73 Å². The first-order valence-corrected chi connectivity index (χ1v) is 12.0. The summed E-state index contributed by atoms with van der Waals surface area (Å²) in [7, 11) is -2.04. The van der Waals surface area contributed by atoms with E-state index in [-0.39, 0.29) is 11.4 Å². The summed E-state index contributed by atoms with van der Waals surface area (Å²) in [6.45, 7) is 5.49. The minimum atomic E-state index is -3.57. The third kappa shape index (κ3) is 6.49. The maximum absolute atomic E-state index is 12.4. The van der Waals surface area contributed by atoms with E-state index < -0.39 is 10.0 Å². The summed E-state index contributed by atoms with van der Waals surface area (Å²) in [6.07, 6.45) is 3.50. The lowest BCUT2D eigenvalue weighted by atomic mass is 9.96. The summed E-state index contributed by atoms with van der Waals surface area (Å²) in [6, 6.07) is 6.88. The van der Waals surface area contributed by atoms with Gasteiger partial charge in [0.15, 0.2) is 5.96 Å². The van der Waals surface area contributed by atoms with E-state index in [1.165, 1.54) is 7.11 Å². The molecule has 0 saturated carbocycles. The van der Waals surface area contributed by atoms with E-state index in [2.05, 4.69) is 30.1 Å². The Bertz CT molecular complexity index is 939. The summed E-state index contributed by atoms with van der Waals surface area (Å²) in [5.74, 6) is 2.16. The van der Waals surface area contributed by atoms with E-state index in [0.717, 1.165) is 49.8 Å².